The lowest BCUT2D eigenvalue weighted by atomic mass is 10.0. The molecule has 1 heterocycles. The van der Waals surface area contributed by atoms with Gasteiger partial charge < -0.3 is 10.4 Å². The third-order valence-electron chi connectivity index (χ3n) is 4.38. The maximum atomic E-state index is 12.1. The number of aliphatic hydroxyl groups is 1. The van der Waals surface area contributed by atoms with E-state index in [1.165, 1.54) is 9.75 Å². The Balaban J connectivity index is 1.50. The first-order valence-electron chi connectivity index (χ1n) is 7.14. The third-order valence-corrected chi connectivity index (χ3v) is 5.51. The van der Waals surface area contributed by atoms with Crippen LogP contribution in [0.3, 0.4) is 0 Å². The maximum absolute atomic E-state index is 12.1. The quantitative estimate of drug-likeness (QED) is 0.890. The van der Waals surface area contributed by atoms with Gasteiger partial charge in [0.05, 0.1) is 5.60 Å². The van der Waals surface area contributed by atoms with Crippen molar-refractivity contribution in [3.05, 3.63) is 21.9 Å². The molecule has 3 rings (SSSR count). The highest BCUT2D eigenvalue weighted by molar-refractivity contribution is 7.12. The molecule has 0 radical (unpaired) electrons. The molecule has 0 saturated heterocycles. The first-order valence-corrected chi connectivity index (χ1v) is 7.95. The van der Waals surface area contributed by atoms with Crippen molar-refractivity contribution in [3.8, 4) is 0 Å². The summed E-state index contributed by atoms with van der Waals surface area (Å²) in [4.78, 5) is 14.7. The van der Waals surface area contributed by atoms with Gasteiger partial charge in [-0.1, -0.05) is 12.8 Å². The van der Waals surface area contributed by atoms with E-state index in [9.17, 15) is 9.90 Å². The molecule has 1 aromatic rings. The monoisotopic (exact) mass is 279 g/mol. The molecular formula is C15H21NO2S. The minimum Gasteiger partial charge on any atom is -0.388 e. The molecule has 4 heteroatoms. The van der Waals surface area contributed by atoms with E-state index in [0.717, 1.165) is 32.1 Å². The number of carbonyl (C=O) groups excluding carboxylic acids is 1. The van der Waals surface area contributed by atoms with Crippen molar-refractivity contribution in [2.75, 3.05) is 6.54 Å². The molecule has 2 unspecified atom stereocenters. The molecule has 3 nitrogen and oxygen atoms in total. The van der Waals surface area contributed by atoms with Crippen LogP contribution in [0.1, 0.15) is 47.8 Å². The Morgan fingerprint density at radius 3 is 2.84 bits per heavy atom. The van der Waals surface area contributed by atoms with E-state index in [1.807, 2.05) is 0 Å². The van der Waals surface area contributed by atoms with Crippen molar-refractivity contribution in [3.63, 3.8) is 0 Å². The number of hydrogen-bond acceptors (Lipinski definition) is 3. The number of rotatable bonds is 4. The average Bonchev–Trinajstić information content (AvgIpc) is 2.89. The number of nitrogens with one attached hydrogen (secondary N) is 1. The maximum Gasteiger partial charge on any atom is 0.223 e. The van der Waals surface area contributed by atoms with Gasteiger partial charge in [-0.15, -0.1) is 11.3 Å². The fraction of sp³-hybridized carbons (Fsp3) is 0.667. The van der Waals surface area contributed by atoms with Crippen LogP contribution in [0.25, 0.3) is 0 Å². The van der Waals surface area contributed by atoms with Crippen molar-refractivity contribution < 1.29 is 9.90 Å². The van der Waals surface area contributed by atoms with E-state index in [1.54, 1.807) is 11.3 Å². The molecule has 2 aliphatic rings. The predicted octanol–water partition coefficient (Wildman–Crippen LogP) is 2.58. The summed E-state index contributed by atoms with van der Waals surface area (Å²) in [5.41, 5.74) is -0.639. The lowest BCUT2D eigenvalue weighted by Gasteiger charge is -2.22. The predicted molar refractivity (Wildman–Crippen MR) is 76.3 cm³/mol. The highest BCUT2D eigenvalue weighted by Gasteiger charge is 2.45. The van der Waals surface area contributed by atoms with Gasteiger partial charge in [0, 0.05) is 28.1 Å². The van der Waals surface area contributed by atoms with Crippen LogP contribution >= 0.6 is 11.3 Å². The summed E-state index contributed by atoms with van der Waals surface area (Å²) in [6, 6.07) is 4.26. The summed E-state index contributed by atoms with van der Waals surface area (Å²) < 4.78 is 0. The zero-order valence-electron chi connectivity index (χ0n) is 11.3. The van der Waals surface area contributed by atoms with Crippen molar-refractivity contribution in [2.45, 2.75) is 50.5 Å². The van der Waals surface area contributed by atoms with E-state index in [0.29, 0.717) is 12.5 Å². The second-order valence-corrected chi connectivity index (χ2v) is 7.37. The van der Waals surface area contributed by atoms with E-state index in [4.69, 9.17) is 0 Å². The number of amides is 1. The first kappa shape index (κ1) is 13.1. The molecule has 1 aromatic heterocycles. The summed E-state index contributed by atoms with van der Waals surface area (Å²) in [6.07, 6.45) is 4.76. The van der Waals surface area contributed by atoms with Crippen molar-refractivity contribution in [1.29, 1.82) is 0 Å². The van der Waals surface area contributed by atoms with Gasteiger partial charge in [-0.25, -0.2) is 0 Å². The van der Waals surface area contributed by atoms with Crippen molar-refractivity contribution in [2.24, 2.45) is 5.92 Å². The Bertz CT molecular complexity index is 476. The zero-order chi connectivity index (χ0) is 13.5. The average molecular weight is 279 g/mol. The Morgan fingerprint density at radius 1 is 1.47 bits per heavy atom. The Hall–Kier alpha value is -0.870. The molecule has 0 aromatic carbocycles. The van der Waals surface area contributed by atoms with Crippen LogP contribution in [0, 0.1) is 12.8 Å². The van der Waals surface area contributed by atoms with Crippen molar-refractivity contribution >= 4 is 17.2 Å². The van der Waals surface area contributed by atoms with Gasteiger partial charge in [0.25, 0.3) is 0 Å². The summed E-state index contributed by atoms with van der Waals surface area (Å²) in [7, 11) is 0. The first-order chi connectivity index (χ1) is 9.07. The van der Waals surface area contributed by atoms with Crippen molar-refractivity contribution in [1.82, 2.24) is 5.32 Å². The fourth-order valence-corrected chi connectivity index (χ4v) is 4.10. The van der Waals surface area contributed by atoms with E-state index < -0.39 is 5.60 Å². The topological polar surface area (TPSA) is 49.3 Å². The minimum absolute atomic E-state index is 0.122. The molecule has 2 aliphatic carbocycles. The summed E-state index contributed by atoms with van der Waals surface area (Å²) in [6.45, 7) is 2.53. The molecule has 2 fully saturated rings. The second kappa shape index (κ2) is 4.91. The summed E-state index contributed by atoms with van der Waals surface area (Å²) in [5.74, 6) is 0.663. The number of thiophene rings is 1. The second-order valence-electron chi connectivity index (χ2n) is 6.05. The SMILES string of the molecule is Cc1ccc(C2CC2C(=O)NCC2(O)CCCC2)s1. The van der Waals surface area contributed by atoms with Gasteiger partial charge in [0.1, 0.15) is 0 Å². The van der Waals surface area contributed by atoms with Gasteiger partial charge >= 0.3 is 0 Å². The van der Waals surface area contributed by atoms with Gasteiger partial charge in [-0.3, -0.25) is 4.79 Å². The smallest absolute Gasteiger partial charge is 0.223 e. The Morgan fingerprint density at radius 2 is 2.21 bits per heavy atom. The van der Waals surface area contributed by atoms with E-state index in [-0.39, 0.29) is 11.8 Å². The molecule has 2 N–H and O–H groups in total. The molecule has 2 saturated carbocycles. The highest BCUT2D eigenvalue weighted by atomic mass is 32.1. The Kier molecular flexibility index (Phi) is 3.39. The van der Waals surface area contributed by atoms with Gasteiger partial charge in [-0.05, 0) is 38.3 Å². The molecule has 19 heavy (non-hydrogen) atoms. The number of carbonyl (C=O) groups is 1. The van der Waals surface area contributed by atoms with Crippen LogP contribution in [-0.2, 0) is 4.79 Å². The fourth-order valence-electron chi connectivity index (χ4n) is 3.04. The molecule has 104 valence electrons. The van der Waals surface area contributed by atoms with E-state index >= 15 is 0 Å². The standard InChI is InChI=1S/C15H21NO2S/c1-10-4-5-13(19-10)11-8-12(11)14(17)16-9-15(18)6-2-3-7-15/h4-5,11-12,18H,2-3,6-9H2,1H3,(H,16,17). The molecule has 0 spiro atoms. The largest absolute Gasteiger partial charge is 0.388 e. The van der Waals surface area contributed by atoms with Crippen LogP contribution in [-0.4, -0.2) is 23.2 Å². The lowest BCUT2D eigenvalue weighted by molar-refractivity contribution is -0.123. The lowest BCUT2D eigenvalue weighted by Crippen LogP contribution is -2.41. The van der Waals surface area contributed by atoms with Gasteiger partial charge in [0.15, 0.2) is 0 Å². The van der Waals surface area contributed by atoms with Crippen LogP contribution in [0.4, 0.5) is 0 Å². The summed E-state index contributed by atoms with van der Waals surface area (Å²) >= 11 is 1.79. The molecule has 1 amide bonds. The van der Waals surface area contributed by atoms with Crippen LogP contribution < -0.4 is 5.32 Å². The molecule has 2 atom stereocenters. The summed E-state index contributed by atoms with van der Waals surface area (Å²) in [5, 5.41) is 13.2. The number of hydrogen-bond donors (Lipinski definition) is 2. The van der Waals surface area contributed by atoms with Crippen LogP contribution in [0.5, 0.6) is 0 Å². The van der Waals surface area contributed by atoms with Gasteiger partial charge in [0.2, 0.25) is 5.91 Å². The van der Waals surface area contributed by atoms with Crippen LogP contribution in [0.15, 0.2) is 12.1 Å². The zero-order valence-corrected chi connectivity index (χ0v) is 12.1. The van der Waals surface area contributed by atoms with E-state index in [2.05, 4.69) is 24.4 Å². The molecule has 0 aliphatic heterocycles. The van der Waals surface area contributed by atoms with Crippen LogP contribution in [0.2, 0.25) is 0 Å². The third kappa shape index (κ3) is 2.84. The minimum atomic E-state index is -0.639. The number of aryl methyl sites for hydroxylation is 1. The van der Waals surface area contributed by atoms with Gasteiger partial charge in [-0.2, -0.15) is 0 Å². The normalized spacial score (nSPS) is 28.3. The molecule has 0 bridgehead atoms. The molecular weight excluding hydrogens is 258 g/mol. The Labute approximate surface area is 118 Å². The highest BCUT2D eigenvalue weighted by Crippen LogP contribution is 2.49.